The van der Waals surface area contributed by atoms with Gasteiger partial charge < -0.3 is 20.2 Å². The number of nitrogens with one attached hydrogen (secondary N) is 1. The Morgan fingerprint density at radius 2 is 1.79 bits per heavy atom. The second-order valence-corrected chi connectivity index (χ2v) is 10.7. The number of hydrogen-bond donors (Lipinski definition) is 2. The highest BCUT2D eigenvalue weighted by Crippen LogP contribution is 2.44. The molecule has 2 amide bonds. The molecule has 2 aliphatic heterocycles. The molecule has 7 heteroatoms. The predicted molar refractivity (Wildman–Crippen MR) is 125 cm³/mol. The molecular weight excluding hydrogens is 421 g/mol. The van der Waals surface area contributed by atoms with Gasteiger partial charge in [0, 0.05) is 37.3 Å². The fourth-order valence-corrected chi connectivity index (χ4v) is 6.56. The fraction of sp³-hybridized carbons (Fsp3) is 0.692. The molecule has 1 aromatic carbocycles. The minimum atomic E-state index is -0.434. The number of halogens is 1. The van der Waals surface area contributed by atoms with E-state index >= 15 is 4.39 Å². The zero-order valence-electron chi connectivity index (χ0n) is 19.4. The third-order valence-corrected chi connectivity index (χ3v) is 8.51. The number of carbonyl (C=O) groups excluding carboxylic acids is 2. The van der Waals surface area contributed by atoms with Gasteiger partial charge in [0.15, 0.2) is 0 Å². The van der Waals surface area contributed by atoms with Crippen molar-refractivity contribution in [3.05, 3.63) is 24.0 Å². The molecule has 2 N–H and O–H groups in total. The van der Waals surface area contributed by atoms with E-state index in [1.807, 2.05) is 9.80 Å². The summed E-state index contributed by atoms with van der Waals surface area (Å²) in [5, 5.41) is 12.7. The molecule has 33 heavy (non-hydrogen) atoms. The van der Waals surface area contributed by atoms with Gasteiger partial charge in [0.1, 0.15) is 5.82 Å². The van der Waals surface area contributed by atoms with E-state index in [0.717, 1.165) is 83.7 Å². The summed E-state index contributed by atoms with van der Waals surface area (Å²) in [6.07, 6.45) is 9.57. The van der Waals surface area contributed by atoms with Gasteiger partial charge in [0.2, 0.25) is 11.8 Å². The number of likely N-dealkylation sites (tertiary alicyclic amines) is 1. The van der Waals surface area contributed by atoms with E-state index in [1.165, 1.54) is 6.07 Å². The van der Waals surface area contributed by atoms with E-state index in [-0.39, 0.29) is 35.7 Å². The smallest absolute Gasteiger partial charge is 0.230 e. The van der Waals surface area contributed by atoms with Crippen molar-refractivity contribution >= 4 is 23.2 Å². The van der Waals surface area contributed by atoms with Gasteiger partial charge in [-0.2, -0.15) is 0 Å². The number of rotatable bonds is 4. The lowest BCUT2D eigenvalue weighted by Gasteiger charge is -2.41. The molecule has 2 saturated carbocycles. The minimum absolute atomic E-state index is 0.0107. The van der Waals surface area contributed by atoms with Crippen molar-refractivity contribution in [1.82, 2.24) is 4.90 Å². The molecule has 6 nitrogen and oxygen atoms in total. The molecule has 2 saturated heterocycles. The molecule has 5 rings (SSSR count). The average molecular weight is 458 g/mol. The number of aliphatic hydroxyl groups excluding tert-OH is 1. The van der Waals surface area contributed by atoms with Gasteiger partial charge in [0.05, 0.1) is 17.2 Å². The normalized spacial score (nSPS) is 30.9. The Bertz CT molecular complexity index is 895. The van der Waals surface area contributed by atoms with Crippen molar-refractivity contribution in [2.24, 2.45) is 11.3 Å². The van der Waals surface area contributed by atoms with Gasteiger partial charge in [-0.1, -0.05) is 12.8 Å². The lowest BCUT2D eigenvalue weighted by atomic mass is 9.78. The first-order chi connectivity index (χ1) is 15.9. The van der Waals surface area contributed by atoms with E-state index in [0.29, 0.717) is 17.9 Å². The first-order valence-electron chi connectivity index (χ1n) is 12.8. The highest BCUT2D eigenvalue weighted by molar-refractivity contribution is 5.93. The molecule has 2 aliphatic carbocycles. The lowest BCUT2D eigenvalue weighted by molar-refractivity contribution is -0.139. The van der Waals surface area contributed by atoms with Crippen LogP contribution in [-0.4, -0.2) is 53.6 Å². The maximum atomic E-state index is 15.1. The van der Waals surface area contributed by atoms with Gasteiger partial charge in [-0.3, -0.25) is 9.59 Å². The van der Waals surface area contributed by atoms with Crippen molar-refractivity contribution < 1.29 is 19.1 Å². The Morgan fingerprint density at radius 1 is 1.03 bits per heavy atom. The van der Waals surface area contributed by atoms with E-state index < -0.39 is 5.41 Å². The quantitative estimate of drug-likeness (QED) is 0.715. The van der Waals surface area contributed by atoms with Crippen LogP contribution in [0.5, 0.6) is 0 Å². The summed E-state index contributed by atoms with van der Waals surface area (Å²) in [7, 11) is 0. The molecule has 0 unspecified atom stereocenters. The van der Waals surface area contributed by atoms with E-state index in [2.05, 4.69) is 5.32 Å². The van der Waals surface area contributed by atoms with Gasteiger partial charge in [-0.05, 0) is 76.0 Å². The Morgan fingerprint density at radius 3 is 2.52 bits per heavy atom. The van der Waals surface area contributed by atoms with Crippen molar-refractivity contribution in [3.63, 3.8) is 0 Å². The second kappa shape index (κ2) is 9.24. The first kappa shape index (κ1) is 22.6. The van der Waals surface area contributed by atoms with Crippen LogP contribution in [0.15, 0.2) is 18.2 Å². The molecule has 1 spiro atoms. The third kappa shape index (κ3) is 4.48. The number of carbonyl (C=O) groups is 2. The Kier molecular flexibility index (Phi) is 6.34. The molecule has 180 valence electrons. The molecule has 0 aromatic heterocycles. The van der Waals surface area contributed by atoms with Gasteiger partial charge in [-0.15, -0.1) is 0 Å². The van der Waals surface area contributed by atoms with Crippen LogP contribution in [0.1, 0.15) is 70.6 Å². The molecule has 4 fully saturated rings. The molecule has 0 bridgehead atoms. The summed E-state index contributed by atoms with van der Waals surface area (Å²) in [5.74, 6) is -0.101. The number of hydrogen-bond acceptors (Lipinski definition) is 4. The summed E-state index contributed by atoms with van der Waals surface area (Å²) < 4.78 is 15.1. The van der Waals surface area contributed by atoms with Crippen molar-refractivity contribution in [2.45, 2.75) is 82.8 Å². The molecule has 1 aromatic rings. The van der Waals surface area contributed by atoms with Gasteiger partial charge >= 0.3 is 0 Å². The van der Waals surface area contributed by atoms with Crippen LogP contribution in [0.25, 0.3) is 0 Å². The minimum Gasteiger partial charge on any atom is -0.393 e. The van der Waals surface area contributed by atoms with Crippen LogP contribution in [0.3, 0.4) is 0 Å². The van der Waals surface area contributed by atoms with Crippen LogP contribution in [0.4, 0.5) is 15.8 Å². The Labute approximate surface area is 195 Å². The number of nitrogens with zero attached hydrogens (tertiary/aromatic N) is 2. The SMILES string of the molecule is O=C(Nc1ccc(N2CCC[C@@]3(CCN(C4CCC(O)CC4)C3=O)C2)c(F)c1)C1CCCC1. The topological polar surface area (TPSA) is 72.9 Å². The van der Waals surface area contributed by atoms with Crippen molar-refractivity contribution in [3.8, 4) is 0 Å². The summed E-state index contributed by atoms with van der Waals surface area (Å²) in [5.41, 5.74) is 0.582. The summed E-state index contributed by atoms with van der Waals surface area (Å²) >= 11 is 0. The fourth-order valence-electron chi connectivity index (χ4n) is 6.56. The number of aliphatic hydroxyl groups is 1. The molecule has 0 radical (unpaired) electrons. The number of anilines is 2. The maximum Gasteiger partial charge on any atom is 0.230 e. The highest BCUT2D eigenvalue weighted by Gasteiger charge is 2.50. The van der Waals surface area contributed by atoms with E-state index in [1.54, 1.807) is 12.1 Å². The zero-order valence-corrected chi connectivity index (χ0v) is 19.4. The lowest BCUT2D eigenvalue weighted by Crippen LogP contribution is -2.50. The van der Waals surface area contributed by atoms with Crippen LogP contribution in [-0.2, 0) is 9.59 Å². The molecular formula is C26H36FN3O3. The largest absolute Gasteiger partial charge is 0.393 e. The Hall–Kier alpha value is -2.15. The molecule has 1 atom stereocenters. The number of amides is 2. The Balaban J connectivity index is 1.26. The van der Waals surface area contributed by atoms with E-state index in [9.17, 15) is 14.7 Å². The average Bonchev–Trinajstić information content (AvgIpc) is 3.45. The zero-order chi connectivity index (χ0) is 23.0. The van der Waals surface area contributed by atoms with Crippen LogP contribution in [0, 0.1) is 17.2 Å². The van der Waals surface area contributed by atoms with Crippen molar-refractivity contribution in [2.75, 3.05) is 29.9 Å². The number of piperidine rings is 1. The van der Waals surface area contributed by atoms with Gasteiger partial charge in [0.25, 0.3) is 0 Å². The van der Waals surface area contributed by atoms with Crippen LogP contribution in [0.2, 0.25) is 0 Å². The van der Waals surface area contributed by atoms with Gasteiger partial charge in [-0.25, -0.2) is 4.39 Å². The standard InChI is InChI=1S/C26H36FN3O3/c27-22-16-19(28-24(32)18-4-1-2-5-18)6-11-23(22)29-14-3-12-26(17-29)13-15-30(25(26)33)20-7-9-21(31)10-8-20/h6,11,16,18,20-21,31H,1-5,7-10,12-15,17H2,(H,28,32)/t20?,21?,26-/m1/s1. The van der Waals surface area contributed by atoms with Crippen LogP contribution < -0.4 is 10.2 Å². The highest BCUT2D eigenvalue weighted by atomic mass is 19.1. The van der Waals surface area contributed by atoms with Crippen LogP contribution >= 0.6 is 0 Å². The summed E-state index contributed by atoms with van der Waals surface area (Å²) in [6.45, 7) is 2.04. The number of benzene rings is 1. The summed E-state index contributed by atoms with van der Waals surface area (Å²) in [4.78, 5) is 30.0. The first-order valence-corrected chi connectivity index (χ1v) is 12.8. The maximum absolute atomic E-state index is 15.1. The molecule has 4 aliphatic rings. The summed E-state index contributed by atoms with van der Waals surface area (Å²) in [6, 6.07) is 5.18. The van der Waals surface area contributed by atoms with Crippen molar-refractivity contribution in [1.29, 1.82) is 0 Å². The third-order valence-electron chi connectivity index (χ3n) is 8.51. The predicted octanol–water partition coefficient (Wildman–Crippen LogP) is 4.08. The second-order valence-electron chi connectivity index (χ2n) is 10.7. The van der Waals surface area contributed by atoms with E-state index in [4.69, 9.17) is 0 Å². The monoisotopic (exact) mass is 457 g/mol. The molecule has 2 heterocycles.